The van der Waals surface area contributed by atoms with Crippen molar-refractivity contribution in [2.24, 2.45) is 0 Å². The Morgan fingerprint density at radius 2 is 2.43 bits per heavy atom. The number of carbonyl (C=O) groups excluding carboxylic acids is 1. The molecule has 2 atom stereocenters. The lowest BCUT2D eigenvalue weighted by atomic mass is 10.0. The first kappa shape index (κ1) is 12.0. The highest BCUT2D eigenvalue weighted by molar-refractivity contribution is 9.09. The maximum Gasteiger partial charge on any atom is 0.251 e. The molecular formula is C10H18BrNO2. The molecule has 0 aliphatic carbocycles. The molecule has 1 heterocycles. The lowest BCUT2D eigenvalue weighted by Gasteiger charge is -2.22. The largest absolute Gasteiger partial charge is 0.365 e. The summed E-state index contributed by atoms with van der Waals surface area (Å²) >= 11 is 3.44. The average molecular weight is 264 g/mol. The third-order valence-electron chi connectivity index (χ3n) is 2.53. The molecule has 1 fully saturated rings. The SMILES string of the molecule is CC(Br)CCNC(=O)C1(C)CCCO1. The maximum atomic E-state index is 11.7. The van der Waals surface area contributed by atoms with E-state index in [0.717, 1.165) is 19.3 Å². The first-order valence-electron chi connectivity index (χ1n) is 5.11. The van der Waals surface area contributed by atoms with Crippen molar-refractivity contribution in [2.75, 3.05) is 13.2 Å². The Morgan fingerprint density at radius 3 is 2.93 bits per heavy atom. The normalized spacial score (nSPS) is 28.8. The van der Waals surface area contributed by atoms with Crippen molar-refractivity contribution in [1.29, 1.82) is 0 Å². The fourth-order valence-corrected chi connectivity index (χ4v) is 1.76. The molecule has 1 N–H and O–H groups in total. The van der Waals surface area contributed by atoms with Gasteiger partial charge in [0.25, 0.3) is 5.91 Å². The van der Waals surface area contributed by atoms with Gasteiger partial charge in [0.05, 0.1) is 0 Å². The van der Waals surface area contributed by atoms with Crippen LogP contribution in [0.3, 0.4) is 0 Å². The Bertz CT molecular complexity index is 200. The number of hydrogen-bond donors (Lipinski definition) is 1. The highest BCUT2D eigenvalue weighted by atomic mass is 79.9. The number of alkyl halides is 1. The van der Waals surface area contributed by atoms with E-state index in [9.17, 15) is 4.79 Å². The highest BCUT2D eigenvalue weighted by Crippen LogP contribution is 2.24. The lowest BCUT2D eigenvalue weighted by Crippen LogP contribution is -2.44. The zero-order valence-corrected chi connectivity index (χ0v) is 10.4. The van der Waals surface area contributed by atoms with Gasteiger partial charge in [-0.15, -0.1) is 0 Å². The van der Waals surface area contributed by atoms with E-state index in [2.05, 4.69) is 28.2 Å². The minimum absolute atomic E-state index is 0.0307. The smallest absolute Gasteiger partial charge is 0.251 e. The van der Waals surface area contributed by atoms with E-state index < -0.39 is 5.60 Å². The predicted octanol–water partition coefficient (Wildman–Crippen LogP) is 1.85. The van der Waals surface area contributed by atoms with Crippen molar-refractivity contribution in [3.05, 3.63) is 0 Å². The molecule has 1 saturated heterocycles. The molecule has 14 heavy (non-hydrogen) atoms. The van der Waals surface area contributed by atoms with Gasteiger partial charge >= 0.3 is 0 Å². The molecule has 1 aliphatic rings. The van der Waals surface area contributed by atoms with Gasteiger partial charge in [-0.2, -0.15) is 0 Å². The van der Waals surface area contributed by atoms with Crippen molar-refractivity contribution in [3.8, 4) is 0 Å². The summed E-state index contributed by atoms with van der Waals surface area (Å²) in [7, 11) is 0. The van der Waals surface area contributed by atoms with Crippen LogP contribution in [0.2, 0.25) is 0 Å². The van der Waals surface area contributed by atoms with E-state index in [0.29, 0.717) is 18.0 Å². The van der Waals surface area contributed by atoms with Gasteiger partial charge in [-0.1, -0.05) is 22.9 Å². The third-order valence-corrected chi connectivity index (χ3v) is 2.98. The number of ether oxygens (including phenoxy) is 1. The van der Waals surface area contributed by atoms with Gasteiger partial charge < -0.3 is 10.1 Å². The first-order chi connectivity index (χ1) is 6.54. The van der Waals surface area contributed by atoms with Gasteiger partial charge in [0.1, 0.15) is 5.60 Å². The average Bonchev–Trinajstić information content (AvgIpc) is 2.52. The zero-order valence-electron chi connectivity index (χ0n) is 8.81. The van der Waals surface area contributed by atoms with E-state index in [1.165, 1.54) is 0 Å². The Hall–Kier alpha value is -0.0900. The van der Waals surface area contributed by atoms with E-state index in [1.807, 2.05) is 6.92 Å². The molecule has 2 unspecified atom stereocenters. The van der Waals surface area contributed by atoms with Crippen molar-refractivity contribution >= 4 is 21.8 Å². The number of amides is 1. The second kappa shape index (κ2) is 5.12. The molecule has 0 saturated carbocycles. The second-order valence-corrected chi connectivity index (χ2v) is 5.57. The lowest BCUT2D eigenvalue weighted by molar-refractivity contribution is -0.139. The topological polar surface area (TPSA) is 38.3 Å². The van der Waals surface area contributed by atoms with Crippen molar-refractivity contribution in [3.63, 3.8) is 0 Å². The van der Waals surface area contributed by atoms with Crippen LogP contribution in [0.25, 0.3) is 0 Å². The maximum absolute atomic E-state index is 11.7. The molecule has 0 bridgehead atoms. The first-order valence-corrected chi connectivity index (χ1v) is 6.02. The molecular weight excluding hydrogens is 246 g/mol. The molecule has 1 amide bonds. The van der Waals surface area contributed by atoms with Crippen molar-refractivity contribution < 1.29 is 9.53 Å². The molecule has 0 aromatic heterocycles. The number of hydrogen-bond acceptors (Lipinski definition) is 2. The fraction of sp³-hybridized carbons (Fsp3) is 0.900. The minimum atomic E-state index is -0.574. The summed E-state index contributed by atoms with van der Waals surface area (Å²) in [6.07, 6.45) is 2.77. The van der Waals surface area contributed by atoms with Crippen LogP contribution >= 0.6 is 15.9 Å². The summed E-state index contributed by atoms with van der Waals surface area (Å²) in [6, 6.07) is 0. The summed E-state index contributed by atoms with van der Waals surface area (Å²) in [5.41, 5.74) is -0.574. The summed E-state index contributed by atoms with van der Waals surface area (Å²) in [5, 5.41) is 2.90. The van der Waals surface area contributed by atoms with E-state index >= 15 is 0 Å². The van der Waals surface area contributed by atoms with Crippen LogP contribution in [0, 0.1) is 0 Å². The van der Waals surface area contributed by atoms with Crippen LogP contribution in [0.15, 0.2) is 0 Å². The molecule has 3 nitrogen and oxygen atoms in total. The number of nitrogens with one attached hydrogen (secondary N) is 1. The number of rotatable bonds is 4. The van der Waals surface area contributed by atoms with Gasteiger partial charge in [0, 0.05) is 18.0 Å². The summed E-state index contributed by atoms with van der Waals surface area (Å²) in [6.45, 7) is 5.36. The quantitative estimate of drug-likeness (QED) is 0.787. The molecule has 82 valence electrons. The molecule has 1 rings (SSSR count). The molecule has 0 spiro atoms. The van der Waals surface area contributed by atoms with Crippen molar-refractivity contribution in [1.82, 2.24) is 5.32 Å². The van der Waals surface area contributed by atoms with Gasteiger partial charge in [-0.3, -0.25) is 4.79 Å². The summed E-state index contributed by atoms with van der Waals surface area (Å²) in [4.78, 5) is 12.1. The summed E-state index contributed by atoms with van der Waals surface area (Å²) in [5.74, 6) is 0.0307. The number of halogens is 1. The molecule has 0 aromatic carbocycles. The van der Waals surface area contributed by atoms with Crippen LogP contribution in [-0.4, -0.2) is 29.5 Å². The second-order valence-electron chi connectivity index (χ2n) is 4.01. The van der Waals surface area contributed by atoms with E-state index in [4.69, 9.17) is 4.74 Å². The van der Waals surface area contributed by atoms with Crippen molar-refractivity contribution in [2.45, 2.75) is 43.5 Å². The molecule has 0 radical (unpaired) electrons. The third kappa shape index (κ3) is 3.24. The van der Waals surface area contributed by atoms with Crippen LogP contribution in [0.1, 0.15) is 33.1 Å². The highest BCUT2D eigenvalue weighted by Gasteiger charge is 2.37. The van der Waals surface area contributed by atoms with Crippen LogP contribution in [0.4, 0.5) is 0 Å². The van der Waals surface area contributed by atoms with Crippen LogP contribution in [-0.2, 0) is 9.53 Å². The van der Waals surface area contributed by atoms with Gasteiger partial charge in [-0.05, 0) is 26.2 Å². The minimum Gasteiger partial charge on any atom is -0.365 e. The van der Waals surface area contributed by atoms with Crippen LogP contribution in [0.5, 0.6) is 0 Å². The Kier molecular flexibility index (Phi) is 4.38. The molecule has 1 aliphatic heterocycles. The van der Waals surface area contributed by atoms with E-state index in [-0.39, 0.29) is 5.91 Å². The number of carbonyl (C=O) groups is 1. The molecule has 0 aromatic rings. The predicted molar refractivity (Wildman–Crippen MR) is 59.6 cm³/mol. The fourth-order valence-electron chi connectivity index (χ4n) is 1.53. The standard InChI is InChI=1S/C10H18BrNO2/c1-8(11)4-6-12-9(13)10(2)5-3-7-14-10/h8H,3-7H2,1-2H3,(H,12,13). The zero-order chi connectivity index (χ0) is 10.6. The van der Waals surface area contributed by atoms with Gasteiger partial charge in [0.15, 0.2) is 0 Å². The Morgan fingerprint density at radius 1 is 1.71 bits per heavy atom. The monoisotopic (exact) mass is 263 g/mol. The van der Waals surface area contributed by atoms with Gasteiger partial charge in [-0.25, -0.2) is 0 Å². The Balaban J connectivity index is 2.27. The van der Waals surface area contributed by atoms with E-state index in [1.54, 1.807) is 0 Å². The van der Waals surface area contributed by atoms with Gasteiger partial charge in [0.2, 0.25) is 0 Å². The molecule has 4 heteroatoms. The Labute approximate surface area is 93.7 Å². The van der Waals surface area contributed by atoms with Crippen LogP contribution < -0.4 is 5.32 Å². The summed E-state index contributed by atoms with van der Waals surface area (Å²) < 4.78 is 5.44.